The lowest BCUT2D eigenvalue weighted by Crippen LogP contribution is -2.75. The van der Waals surface area contributed by atoms with Crippen LogP contribution in [-0.4, -0.2) is 17.2 Å². The summed E-state index contributed by atoms with van der Waals surface area (Å²) in [6.45, 7) is 0. The molecule has 18 rings (SSSR count). The van der Waals surface area contributed by atoms with E-state index in [2.05, 4.69) is 337 Å². The minimum absolute atomic E-state index is 0.854. The smallest absolute Gasteiger partial charge is 0.188 e. The van der Waals surface area contributed by atoms with Gasteiger partial charge in [-0.15, -0.1) is 0 Å². The first-order chi connectivity index (χ1) is 44.1. The molecule has 0 atom stereocenters. The molecule has 0 aliphatic rings. The summed E-state index contributed by atoms with van der Waals surface area (Å²) >= 11 is 0. The van der Waals surface area contributed by atoms with E-state index in [4.69, 9.17) is 8.83 Å². The Morgan fingerprint density at radius 3 is 1.12 bits per heavy atom. The summed E-state index contributed by atoms with van der Waals surface area (Å²) in [5, 5.41) is 14.2. The van der Waals surface area contributed by atoms with E-state index in [9.17, 15) is 0 Å². The van der Waals surface area contributed by atoms with Gasteiger partial charge in [0.1, 0.15) is 22.3 Å². The fourth-order valence-corrected chi connectivity index (χ4v) is 19.7. The number of nitrogens with zero attached hydrogens (tertiary/aromatic N) is 2. The normalized spacial score (nSPS) is 12.0. The van der Waals surface area contributed by atoms with E-state index in [0.29, 0.717) is 0 Å². The van der Waals surface area contributed by atoms with Gasteiger partial charge in [-0.25, -0.2) is 0 Å². The molecule has 0 spiro atoms. The van der Waals surface area contributed by atoms with Crippen LogP contribution in [-0.2, 0) is 0 Å². The summed E-state index contributed by atoms with van der Waals surface area (Å²) in [5.74, 6) is 0. The molecule has 4 nitrogen and oxygen atoms in total. The third-order valence-electron chi connectivity index (χ3n) is 18.7. The molecule has 89 heavy (non-hydrogen) atoms. The van der Waals surface area contributed by atoms with Crippen molar-refractivity contribution in [2.45, 2.75) is 0 Å². The average molecular weight is 1150 g/mol. The van der Waals surface area contributed by atoms with Crippen molar-refractivity contribution in [2.75, 3.05) is 0 Å². The molecule has 0 bridgehead atoms. The molecule has 0 N–H and O–H groups in total. The number of rotatable bonds is 10. The average Bonchev–Trinajstić information content (AvgIpc) is 1.92. The van der Waals surface area contributed by atoms with E-state index in [0.717, 1.165) is 88.6 Å². The lowest BCUT2D eigenvalue weighted by Gasteiger charge is -2.34. The second-order valence-electron chi connectivity index (χ2n) is 23.4. The van der Waals surface area contributed by atoms with Crippen molar-refractivity contribution in [3.05, 3.63) is 328 Å². The molecule has 5 heteroatoms. The van der Waals surface area contributed by atoms with Crippen molar-refractivity contribution < 1.29 is 8.83 Å². The van der Waals surface area contributed by atoms with E-state index in [1.54, 1.807) is 0 Å². The van der Waals surface area contributed by atoms with Crippen LogP contribution in [0.5, 0.6) is 0 Å². The van der Waals surface area contributed by atoms with Gasteiger partial charge in [0, 0.05) is 54.3 Å². The second-order valence-corrected chi connectivity index (χ2v) is 27.2. The van der Waals surface area contributed by atoms with E-state index >= 15 is 0 Å². The zero-order chi connectivity index (χ0) is 58.6. The Hall–Kier alpha value is -11.5. The Morgan fingerprint density at radius 1 is 0.236 bits per heavy atom. The summed E-state index contributed by atoms with van der Waals surface area (Å²) in [5.41, 5.74) is 19.8. The molecule has 0 unspecified atom stereocenters. The van der Waals surface area contributed by atoms with E-state index in [1.165, 1.54) is 75.5 Å². The molecule has 0 amide bonds. The molecule has 416 valence electrons. The molecular weight excluding hydrogens is 1100 g/mol. The third-order valence-corrected chi connectivity index (χ3v) is 23.5. The number of furan rings is 2. The van der Waals surface area contributed by atoms with Gasteiger partial charge in [-0.1, -0.05) is 255 Å². The molecular formula is C84H54N2O2Si. The van der Waals surface area contributed by atoms with Crippen LogP contribution in [0.1, 0.15) is 0 Å². The quantitative estimate of drug-likeness (QED) is 0.101. The predicted molar refractivity (Wildman–Crippen MR) is 375 cm³/mol. The van der Waals surface area contributed by atoms with Gasteiger partial charge in [0.15, 0.2) is 8.07 Å². The van der Waals surface area contributed by atoms with Gasteiger partial charge in [-0.2, -0.15) is 0 Å². The van der Waals surface area contributed by atoms with Gasteiger partial charge in [0.2, 0.25) is 0 Å². The Balaban J connectivity index is 0.731. The number of hydrogen-bond acceptors (Lipinski definition) is 2. The first-order valence-electron chi connectivity index (χ1n) is 30.5. The van der Waals surface area contributed by atoms with Crippen LogP contribution in [0.4, 0.5) is 0 Å². The summed E-state index contributed by atoms with van der Waals surface area (Å²) in [6.07, 6.45) is 0. The first kappa shape index (κ1) is 50.8. The summed E-state index contributed by atoms with van der Waals surface area (Å²) in [7, 11) is -3.29. The zero-order valence-electron chi connectivity index (χ0n) is 48.4. The maximum Gasteiger partial charge on any atom is 0.188 e. The Kier molecular flexibility index (Phi) is 11.6. The molecule has 18 aromatic rings. The monoisotopic (exact) mass is 1150 g/mol. The summed E-state index contributed by atoms with van der Waals surface area (Å²) < 4.78 is 19.3. The Morgan fingerprint density at radius 2 is 0.607 bits per heavy atom. The van der Waals surface area contributed by atoms with Gasteiger partial charge in [-0.05, 0) is 132 Å². The minimum atomic E-state index is -3.29. The van der Waals surface area contributed by atoms with Crippen LogP contribution in [0.3, 0.4) is 0 Å². The fraction of sp³-hybridized carbons (Fsp3) is 0. The number of fused-ring (bicyclic) bond motifs is 12. The topological polar surface area (TPSA) is 36.1 Å². The molecule has 0 saturated carbocycles. The Bertz CT molecular complexity index is 5650. The van der Waals surface area contributed by atoms with Crippen molar-refractivity contribution in [1.82, 2.24) is 9.13 Å². The summed E-state index contributed by atoms with van der Waals surface area (Å²) in [6, 6.07) is 120. The molecule has 0 saturated heterocycles. The molecule has 4 heterocycles. The predicted octanol–water partition coefficient (Wildman–Crippen LogP) is 19.7. The van der Waals surface area contributed by atoms with Crippen molar-refractivity contribution in [1.29, 1.82) is 0 Å². The third kappa shape index (κ3) is 7.92. The lowest BCUT2D eigenvalue weighted by molar-refractivity contribution is 0.670. The Labute approximate surface area is 514 Å². The van der Waals surface area contributed by atoms with Crippen LogP contribution < -0.4 is 20.7 Å². The molecule has 4 aromatic heterocycles. The molecule has 14 aromatic carbocycles. The van der Waals surface area contributed by atoms with Crippen molar-refractivity contribution in [3.63, 3.8) is 0 Å². The fourth-order valence-electron chi connectivity index (χ4n) is 14.7. The highest BCUT2D eigenvalue weighted by atomic mass is 28.3. The van der Waals surface area contributed by atoms with Gasteiger partial charge in [-0.3, -0.25) is 0 Å². The molecule has 0 fully saturated rings. The van der Waals surface area contributed by atoms with Gasteiger partial charge < -0.3 is 18.0 Å². The number of aromatic nitrogens is 2. The number of para-hydroxylation sites is 7. The first-order valence-corrected chi connectivity index (χ1v) is 32.5. The maximum absolute atomic E-state index is 7.27. The van der Waals surface area contributed by atoms with Gasteiger partial charge >= 0.3 is 0 Å². The molecule has 0 aliphatic heterocycles. The van der Waals surface area contributed by atoms with Crippen molar-refractivity contribution in [2.24, 2.45) is 0 Å². The van der Waals surface area contributed by atoms with E-state index in [1.807, 2.05) is 0 Å². The summed E-state index contributed by atoms with van der Waals surface area (Å²) in [4.78, 5) is 0. The maximum atomic E-state index is 7.27. The number of hydrogen-bond donors (Lipinski definition) is 0. The largest absolute Gasteiger partial charge is 0.456 e. The van der Waals surface area contributed by atoms with E-state index in [-0.39, 0.29) is 0 Å². The van der Waals surface area contributed by atoms with Crippen LogP contribution in [0.2, 0.25) is 0 Å². The molecule has 0 aliphatic carbocycles. The van der Waals surface area contributed by atoms with Crippen LogP contribution in [0.15, 0.2) is 336 Å². The van der Waals surface area contributed by atoms with Gasteiger partial charge in [0.25, 0.3) is 0 Å². The lowest BCUT2D eigenvalue weighted by atomic mass is 9.98. The number of benzene rings is 14. The van der Waals surface area contributed by atoms with Gasteiger partial charge in [0.05, 0.1) is 27.8 Å². The van der Waals surface area contributed by atoms with Crippen LogP contribution in [0.25, 0.3) is 143 Å². The highest BCUT2D eigenvalue weighted by Gasteiger charge is 2.46. The van der Waals surface area contributed by atoms with Crippen LogP contribution >= 0.6 is 0 Å². The standard InChI is InChI=1S/C84H54N2O2Si/c1-3-22-63(23-4-1)89(64-24-5-2-6-25-64,81-38-18-31-70-72-53-60(46-50-79(72)87-83(70)81)55-40-42-57(43-41-55)65-26-7-12-33-74(65)86-77-36-15-10-29-68(77)69-30-11-16-37-78(69)86)82-39-19-32-71-73-54-61(47-51-80(73)88-84(71)82)59-21-17-20-58(52-59)56-44-48-62(49-45-56)85-75-34-13-8-27-66(75)67-28-9-14-35-76(67)85/h1-54H. The van der Waals surface area contributed by atoms with Crippen LogP contribution in [0, 0.1) is 0 Å². The SMILES string of the molecule is c1ccc([Si](c2ccccc2)(c2cccc3c2oc2ccc(-c4ccc(-c5ccccc5-n5c6ccccc6c6ccccc65)cc4)cc23)c2cccc3c2oc2ccc(-c4cccc(-c5ccc(-n6c7ccccc7c7ccccc76)cc5)c4)cc23)cc1. The van der Waals surface area contributed by atoms with E-state index < -0.39 is 8.07 Å². The highest BCUT2D eigenvalue weighted by Crippen LogP contribution is 2.40. The minimum Gasteiger partial charge on any atom is -0.456 e. The molecule has 0 radical (unpaired) electrons. The second kappa shape index (κ2) is 20.3. The van der Waals surface area contributed by atoms with Crippen molar-refractivity contribution >= 4 is 116 Å². The van der Waals surface area contributed by atoms with Crippen molar-refractivity contribution in [3.8, 4) is 55.9 Å². The zero-order valence-corrected chi connectivity index (χ0v) is 49.4. The highest BCUT2D eigenvalue weighted by molar-refractivity contribution is 7.21.